The number of piperidine rings is 1. The molecule has 2 heterocycles. The van der Waals surface area contributed by atoms with Gasteiger partial charge in [-0.1, -0.05) is 13.0 Å². The maximum Gasteiger partial charge on any atom is 0.253 e. The standard InChI is InChI=1S/C22H25N5O2S/c1-14-5-4-10-27(13-14)22(29)16-8-9-17(15(2)11-16)23-12-20(28)24-18-6-3-7-19-21(18)26-30-25-19/h3,6-9,11,14,23H,4-5,10,12-13H2,1-2H3,(H,24,28). The van der Waals surface area contributed by atoms with Gasteiger partial charge in [0.1, 0.15) is 11.0 Å². The molecule has 1 aliphatic rings. The van der Waals surface area contributed by atoms with E-state index in [1.807, 2.05) is 48.2 Å². The van der Waals surface area contributed by atoms with Crippen LogP contribution in [0.2, 0.25) is 0 Å². The monoisotopic (exact) mass is 423 g/mol. The van der Waals surface area contributed by atoms with Gasteiger partial charge in [0.15, 0.2) is 0 Å². The number of nitrogens with one attached hydrogen (secondary N) is 2. The Kier molecular flexibility index (Phi) is 5.94. The number of fused-ring (bicyclic) bond motifs is 1. The normalized spacial score (nSPS) is 16.5. The van der Waals surface area contributed by atoms with Crippen molar-refractivity contribution in [1.82, 2.24) is 13.6 Å². The number of likely N-dealkylation sites (tertiary alicyclic amines) is 1. The maximum atomic E-state index is 12.8. The molecule has 3 aromatic rings. The van der Waals surface area contributed by atoms with Crippen LogP contribution >= 0.6 is 11.7 Å². The lowest BCUT2D eigenvalue weighted by atomic mass is 9.99. The summed E-state index contributed by atoms with van der Waals surface area (Å²) in [5, 5.41) is 6.04. The smallest absolute Gasteiger partial charge is 0.253 e. The predicted molar refractivity (Wildman–Crippen MR) is 120 cm³/mol. The number of carbonyl (C=O) groups is 2. The maximum absolute atomic E-state index is 12.8. The molecule has 2 amide bonds. The summed E-state index contributed by atoms with van der Waals surface area (Å²) < 4.78 is 8.42. The average molecular weight is 424 g/mol. The molecular weight excluding hydrogens is 398 g/mol. The summed E-state index contributed by atoms with van der Waals surface area (Å²) in [5.41, 5.74) is 4.58. The molecule has 0 aliphatic carbocycles. The first-order valence-electron chi connectivity index (χ1n) is 10.2. The molecule has 0 radical (unpaired) electrons. The van der Waals surface area contributed by atoms with Gasteiger partial charge >= 0.3 is 0 Å². The van der Waals surface area contributed by atoms with Crippen LogP contribution in [0, 0.1) is 12.8 Å². The van der Waals surface area contributed by atoms with Gasteiger partial charge in [0, 0.05) is 24.3 Å². The highest BCUT2D eigenvalue weighted by atomic mass is 32.1. The van der Waals surface area contributed by atoms with E-state index in [0.717, 1.165) is 48.0 Å². The van der Waals surface area contributed by atoms with Crippen LogP contribution in [-0.2, 0) is 4.79 Å². The lowest BCUT2D eigenvalue weighted by molar-refractivity contribution is -0.114. The van der Waals surface area contributed by atoms with Gasteiger partial charge in [0.05, 0.1) is 24.0 Å². The van der Waals surface area contributed by atoms with Crippen molar-refractivity contribution < 1.29 is 9.59 Å². The first-order chi connectivity index (χ1) is 14.5. The topological polar surface area (TPSA) is 87.2 Å². The molecule has 30 heavy (non-hydrogen) atoms. The lowest BCUT2D eigenvalue weighted by Crippen LogP contribution is -2.39. The minimum absolute atomic E-state index is 0.0823. The fraction of sp³-hybridized carbons (Fsp3) is 0.364. The molecule has 1 atom stereocenters. The third-order valence-corrected chi connectivity index (χ3v) is 5.96. The molecule has 0 saturated carbocycles. The number of hydrogen-bond donors (Lipinski definition) is 2. The molecule has 7 nitrogen and oxygen atoms in total. The van der Waals surface area contributed by atoms with Crippen LogP contribution in [0.3, 0.4) is 0 Å². The zero-order valence-electron chi connectivity index (χ0n) is 17.1. The fourth-order valence-corrected chi connectivity index (χ4v) is 4.38. The van der Waals surface area contributed by atoms with Crippen molar-refractivity contribution >= 4 is 46.0 Å². The van der Waals surface area contributed by atoms with Gasteiger partial charge in [-0.3, -0.25) is 9.59 Å². The van der Waals surface area contributed by atoms with E-state index >= 15 is 0 Å². The molecule has 1 aliphatic heterocycles. The molecule has 2 N–H and O–H groups in total. The van der Waals surface area contributed by atoms with Crippen molar-refractivity contribution in [3.05, 3.63) is 47.5 Å². The molecule has 156 valence electrons. The van der Waals surface area contributed by atoms with Gasteiger partial charge < -0.3 is 15.5 Å². The van der Waals surface area contributed by atoms with Gasteiger partial charge in [-0.05, 0) is 61.6 Å². The Labute approximate surface area is 179 Å². The lowest BCUT2D eigenvalue weighted by Gasteiger charge is -2.31. The van der Waals surface area contributed by atoms with Crippen LogP contribution in [0.5, 0.6) is 0 Å². The van der Waals surface area contributed by atoms with E-state index in [1.165, 1.54) is 6.42 Å². The van der Waals surface area contributed by atoms with Crippen molar-refractivity contribution in [2.45, 2.75) is 26.7 Å². The molecule has 1 fully saturated rings. The molecule has 4 rings (SSSR count). The Morgan fingerprint density at radius 1 is 1.20 bits per heavy atom. The highest BCUT2D eigenvalue weighted by Gasteiger charge is 2.22. The van der Waals surface area contributed by atoms with Crippen LogP contribution in [0.4, 0.5) is 11.4 Å². The average Bonchev–Trinajstić information content (AvgIpc) is 3.22. The van der Waals surface area contributed by atoms with Crippen molar-refractivity contribution in [2.75, 3.05) is 30.3 Å². The minimum Gasteiger partial charge on any atom is -0.376 e. The van der Waals surface area contributed by atoms with Crippen LogP contribution < -0.4 is 10.6 Å². The Morgan fingerprint density at radius 3 is 2.87 bits per heavy atom. The number of aromatic nitrogens is 2. The summed E-state index contributed by atoms with van der Waals surface area (Å²) in [4.78, 5) is 27.1. The van der Waals surface area contributed by atoms with Crippen molar-refractivity contribution in [2.24, 2.45) is 5.92 Å². The number of amides is 2. The Bertz CT molecular complexity index is 1080. The van der Waals surface area contributed by atoms with E-state index in [4.69, 9.17) is 0 Å². The van der Waals surface area contributed by atoms with Crippen LogP contribution in [0.15, 0.2) is 36.4 Å². The number of aryl methyl sites for hydroxylation is 1. The second-order valence-corrected chi connectivity index (χ2v) is 8.40. The number of carbonyl (C=O) groups excluding carboxylic acids is 2. The van der Waals surface area contributed by atoms with Gasteiger partial charge in [-0.15, -0.1) is 0 Å². The molecule has 2 aromatic carbocycles. The zero-order valence-corrected chi connectivity index (χ0v) is 18.0. The van der Waals surface area contributed by atoms with Gasteiger partial charge in [-0.2, -0.15) is 8.75 Å². The molecule has 8 heteroatoms. The Hall–Kier alpha value is -3.00. The molecule has 1 saturated heterocycles. The van der Waals surface area contributed by atoms with Gasteiger partial charge in [0.25, 0.3) is 5.91 Å². The SMILES string of the molecule is Cc1cc(C(=O)N2CCCC(C)C2)ccc1NCC(=O)Nc1cccc2nsnc12. The summed E-state index contributed by atoms with van der Waals surface area (Å²) in [6.07, 6.45) is 2.24. The zero-order chi connectivity index (χ0) is 21.1. The number of benzene rings is 2. The van der Waals surface area contributed by atoms with Crippen LogP contribution in [0.25, 0.3) is 11.0 Å². The highest BCUT2D eigenvalue weighted by Crippen LogP contribution is 2.23. The summed E-state index contributed by atoms with van der Waals surface area (Å²) >= 11 is 1.12. The first kappa shape index (κ1) is 20.3. The van der Waals surface area contributed by atoms with Crippen molar-refractivity contribution in [3.63, 3.8) is 0 Å². The van der Waals surface area contributed by atoms with Gasteiger partial charge in [-0.25, -0.2) is 0 Å². The molecule has 0 bridgehead atoms. The number of anilines is 2. The Balaban J connectivity index is 1.37. The summed E-state index contributed by atoms with van der Waals surface area (Å²) in [6, 6.07) is 11.1. The largest absolute Gasteiger partial charge is 0.376 e. The predicted octanol–water partition coefficient (Wildman–Crippen LogP) is 3.92. The van der Waals surface area contributed by atoms with E-state index in [2.05, 4.69) is 26.3 Å². The van der Waals surface area contributed by atoms with Crippen LogP contribution in [0.1, 0.15) is 35.7 Å². The van der Waals surface area contributed by atoms with E-state index in [0.29, 0.717) is 22.7 Å². The highest BCUT2D eigenvalue weighted by molar-refractivity contribution is 7.00. The van der Waals surface area contributed by atoms with E-state index in [9.17, 15) is 9.59 Å². The number of hydrogen-bond acceptors (Lipinski definition) is 6. The van der Waals surface area contributed by atoms with Gasteiger partial charge in [0.2, 0.25) is 5.91 Å². The molecule has 1 aromatic heterocycles. The third kappa shape index (κ3) is 4.43. The molecular formula is C22H25N5O2S. The summed E-state index contributed by atoms with van der Waals surface area (Å²) in [6.45, 7) is 5.89. The second kappa shape index (κ2) is 8.79. The quantitative estimate of drug-likeness (QED) is 0.649. The molecule has 1 unspecified atom stereocenters. The number of rotatable bonds is 5. The van der Waals surface area contributed by atoms with E-state index in [1.54, 1.807) is 0 Å². The first-order valence-corrected chi connectivity index (χ1v) is 10.9. The molecule has 0 spiro atoms. The van der Waals surface area contributed by atoms with Crippen molar-refractivity contribution in [1.29, 1.82) is 0 Å². The minimum atomic E-state index is -0.169. The van der Waals surface area contributed by atoms with E-state index < -0.39 is 0 Å². The third-order valence-electron chi connectivity index (χ3n) is 5.42. The van der Waals surface area contributed by atoms with Crippen LogP contribution in [-0.4, -0.2) is 45.1 Å². The Morgan fingerprint density at radius 2 is 2.07 bits per heavy atom. The fourth-order valence-electron chi connectivity index (χ4n) is 3.83. The van der Waals surface area contributed by atoms with E-state index in [-0.39, 0.29) is 18.4 Å². The number of nitrogens with zero attached hydrogens (tertiary/aromatic N) is 3. The summed E-state index contributed by atoms with van der Waals surface area (Å²) in [7, 11) is 0. The van der Waals surface area contributed by atoms with Crippen molar-refractivity contribution in [3.8, 4) is 0 Å². The summed E-state index contributed by atoms with van der Waals surface area (Å²) in [5.74, 6) is 0.463. The second-order valence-electron chi connectivity index (χ2n) is 7.87.